The molecule has 5 saturated heterocycles. The van der Waals surface area contributed by atoms with Crippen molar-refractivity contribution in [1.29, 1.82) is 0 Å². The number of benzene rings is 1. The zero-order valence-electron chi connectivity index (χ0n) is 32.8. The van der Waals surface area contributed by atoms with Gasteiger partial charge in [-0.05, 0) is 110 Å². The predicted molar refractivity (Wildman–Crippen MR) is 209 cm³/mol. The van der Waals surface area contributed by atoms with E-state index in [2.05, 4.69) is 26.3 Å². The molecule has 55 heavy (non-hydrogen) atoms. The Morgan fingerprint density at radius 3 is 2.15 bits per heavy atom. The molecule has 0 N–H and O–H groups in total. The summed E-state index contributed by atoms with van der Waals surface area (Å²) in [6.45, 7) is 19.6. The number of carbonyl (C=O) groups is 2. The van der Waals surface area contributed by atoms with Crippen molar-refractivity contribution in [1.82, 2.24) is 33.3 Å². The van der Waals surface area contributed by atoms with Gasteiger partial charge in [-0.15, -0.1) is 0 Å². The van der Waals surface area contributed by atoms with E-state index >= 15 is 0 Å². The van der Waals surface area contributed by atoms with Crippen LogP contribution in [-0.4, -0.2) is 138 Å². The normalized spacial score (nSPS) is 22.2. The quantitative estimate of drug-likeness (QED) is 0.301. The summed E-state index contributed by atoms with van der Waals surface area (Å²) in [5, 5.41) is 0. The van der Waals surface area contributed by atoms with Crippen LogP contribution in [0.3, 0.4) is 0 Å². The molecule has 0 unspecified atom stereocenters. The highest BCUT2D eigenvalue weighted by atomic mass is 32.2. The standard InChI is InChI=1S/C40H57FN8O5S/c1-6-36(50)45-24-40(25-45)13-19-48(20-14-40)55(52,53)47-15-9-31(10-16-47)23-44-17-11-39(12-18-44)26-46(27-39)37-35(22-42-28-43-37)54-34-8-7-32(41)21-33(34)38(51)49(29(2)3)30(4)5/h6-8,21-22,28-31H,1,9-20,23-27H2,2-5H3. The molecule has 5 aliphatic rings. The zero-order chi connectivity index (χ0) is 39.1. The minimum Gasteiger partial charge on any atom is -0.451 e. The van der Waals surface area contributed by atoms with Crippen LogP contribution >= 0.6 is 0 Å². The maximum Gasteiger partial charge on any atom is 0.281 e. The Balaban J connectivity index is 0.876. The van der Waals surface area contributed by atoms with Crippen molar-refractivity contribution in [2.45, 2.75) is 78.3 Å². The van der Waals surface area contributed by atoms with E-state index in [4.69, 9.17) is 4.74 Å². The molecule has 5 aliphatic heterocycles. The number of ether oxygens (including phenoxy) is 1. The maximum atomic E-state index is 14.4. The highest BCUT2D eigenvalue weighted by Gasteiger charge is 2.49. The molecule has 15 heteroatoms. The second-order valence-corrected chi connectivity index (χ2v) is 19.1. The van der Waals surface area contributed by atoms with Gasteiger partial charge in [0.1, 0.15) is 17.9 Å². The average molecular weight is 781 g/mol. The van der Waals surface area contributed by atoms with Crippen molar-refractivity contribution in [2.75, 3.05) is 76.9 Å². The number of carbonyl (C=O) groups excluding carboxylic acids is 2. The topological polar surface area (TPSA) is 123 Å². The molecule has 0 atom stereocenters. The van der Waals surface area contributed by atoms with Crippen molar-refractivity contribution < 1.29 is 27.1 Å². The Kier molecular flexibility index (Phi) is 11.3. The van der Waals surface area contributed by atoms with Crippen molar-refractivity contribution in [3.63, 3.8) is 0 Å². The second-order valence-electron chi connectivity index (χ2n) is 17.2. The van der Waals surface area contributed by atoms with Crippen LogP contribution in [0.5, 0.6) is 11.5 Å². The first-order valence-corrected chi connectivity index (χ1v) is 21.4. The lowest BCUT2D eigenvalue weighted by molar-refractivity contribution is -0.140. The van der Waals surface area contributed by atoms with Crippen LogP contribution in [0, 0.1) is 22.6 Å². The third kappa shape index (κ3) is 8.12. The molecule has 2 aromatic rings. The molecule has 7 rings (SSSR count). The van der Waals surface area contributed by atoms with E-state index in [1.54, 1.807) is 24.6 Å². The van der Waals surface area contributed by atoms with Gasteiger partial charge >= 0.3 is 0 Å². The number of halogens is 1. The summed E-state index contributed by atoms with van der Waals surface area (Å²) >= 11 is 0. The van der Waals surface area contributed by atoms with E-state index in [1.807, 2.05) is 27.7 Å². The number of likely N-dealkylation sites (tertiary alicyclic amines) is 2. The Morgan fingerprint density at radius 2 is 1.53 bits per heavy atom. The van der Waals surface area contributed by atoms with Crippen molar-refractivity contribution >= 4 is 27.8 Å². The Bertz CT molecular complexity index is 1830. The van der Waals surface area contributed by atoms with Gasteiger partial charge in [0.15, 0.2) is 11.6 Å². The number of piperidine rings is 3. The predicted octanol–water partition coefficient (Wildman–Crippen LogP) is 4.64. The van der Waals surface area contributed by atoms with Gasteiger partial charge < -0.3 is 24.3 Å². The number of hydrogen-bond acceptors (Lipinski definition) is 9. The largest absolute Gasteiger partial charge is 0.451 e. The summed E-state index contributed by atoms with van der Waals surface area (Å²) in [6.07, 6.45) is 9.93. The number of aromatic nitrogens is 2. The van der Waals surface area contributed by atoms with E-state index in [-0.39, 0.29) is 46.0 Å². The molecule has 1 aromatic heterocycles. The first kappa shape index (κ1) is 39.6. The molecule has 5 fully saturated rings. The minimum absolute atomic E-state index is 0.0449. The summed E-state index contributed by atoms with van der Waals surface area (Å²) in [5.41, 5.74) is 0.406. The van der Waals surface area contributed by atoms with Gasteiger partial charge in [0.25, 0.3) is 16.1 Å². The van der Waals surface area contributed by atoms with Crippen LogP contribution in [0.4, 0.5) is 10.2 Å². The van der Waals surface area contributed by atoms with Crippen molar-refractivity contribution in [3.8, 4) is 11.5 Å². The summed E-state index contributed by atoms with van der Waals surface area (Å²) < 4.78 is 51.2. The van der Waals surface area contributed by atoms with Crippen LogP contribution in [0.2, 0.25) is 0 Å². The molecular formula is C40H57FN8O5S. The lowest BCUT2D eigenvalue weighted by Gasteiger charge is -2.55. The first-order valence-electron chi connectivity index (χ1n) is 20.0. The van der Waals surface area contributed by atoms with Crippen LogP contribution < -0.4 is 9.64 Å². The second kappa shape index (κ2) is 15.7. The van der Waals surface area contributed by atoms with E-state index in [0.29, 0.717) is 56.8 Å². The molecule has 2 amide bonds. The number of anilines is 1. The lowest BCUT2D eigenvalue weighted by atomic mass is 9.72. The molecule has 0 aliphatic carbocycles. The molecule has 1 aromatic carbocycles. The van der Waals surface area contributed by atoms with Gasteiger partial charge in [0.05, 0.1) is 11.8 Å². The highest BCUT2D eigenvalue weighted by Crippen LogP contribution is 2.46. The molecular weight excluding hydrogens is 724 g/mol. The Hall–Kier alpha value is -3.66. The fourth-order valence-corrected chi connectivity index (χ4v) is 11.2. The van der Waals surface area contributed by atoms with Gasteiger partial charge in [-0.25, -0.2) is 14.4 Å². The number of nitrogens with zero attached hydrogens (tertiary/aromatic N) is 8. The summed E-state index contributed by atoms with van der Waals surface area (Å²) in [4.78, 5) is 42.5. The van der Waals surface area contributed by atoms with Gasteiger partial charge in [-0.2, -0.15) is 17.0 Å². The van der Waals surface area contributed by atoms with Crippen LogP contribution in [-0.2, 0) is 15.0 Å². The van der Waals surface area contributed by atoms with Gasteiger partial charge in [0.2, 0.25) is 5.91 Å². The molecule has 0 saturated carbocycles. The third-order valence-corrected chi connectivity index (χ3v) is 14.8. The van der Waals surface area contributed by atoms with Crippen LogP contribution in [0.25, 0.3) is 0 Å². The number of amides is 2. The minimum atomic E-state index is -3.49. The van der Waals surface area contributed by atoms with Crippen LogP contribution in [0.15, 0.2) is 43.4 Å². The van der Waals surface area contributed by atoms with Gasteiger partial charge in [-0.3, -0.25) is 9.59 Å². The van der Waals surface area contributed by atoms with E-state index in [1.165, 1.54) is 30.6 Å². The lowest BCUT2D eigenvalue weighted by Crippen LogP contribution is -2.62. The Morgan fingerprint density at radius 1 is 0.927 bits per heavy atom. The fraction of sp³-hybridized carbons (Fsp3) is 0.650. The molecule has 0 radical (unpaired) electrons. The summed E-state index contributed by atoms with van der Waals surface area (Å²) in [6, 6.07) is 3.89. The van der Waals surface area contributed by atoms with Gasteiger partial charge in [0, 0.05) is 81.8 Å². The molecule has 0 bridgehead atoms. The van der Waals surface area contributed by atoms with Crippen LogP contribution in [0.1, 0.15) is 76.6 Å². The van der Waals surface area contributed by atoms with E-state index in [0.717, 1.165) is 71.2 Å². The zero-order valence-corrected chi connectivity index (χ0v) is 33.6. The molecule has 300 valence electrons. The third-order valence-electron chi connectivity index (χ3n) is 12.7. The molecule has 13 nitrogen and oxygen atoms in total. The monoisotopic (exact) mass is 780 g/mol. The van der Waals surface area contributed by atoms with E-state index in [9.17, 15) is 22.4 Å². The van der Waals surface area contributed by atoms with E-state index < -0.39 is 16.0 Å². The summed E-state index contributed by atoms with van der Waals surface area (Å²) in [7, 11) is -3.49. The number of rotatable bonds is 11. The fourth-order valence-electron chi connectivity index (χ4n) is 9.55. The maximum absolute atomic E-state index is 14.4. The average Bonchev–Trinajstić information content (AvgIpc) is 3.14. The SMILES string of the molecule is C=CC(=O)N1CC2(CCN(S(=O)(=O)N3CCC(CN4CCC5(CC4)CN(c4ncncc4Oc4ccc(F)cc4C(=O)N(C(C)C)C(C)C)C5)CC3)CC2)C1. The molecule has 6 heterocycles. The van der Waals surface area contributed by atoms with Crippen molar-refractivity contribution in [2.24, 2.45) is 16.7 Å². The Labute approximate surface area is 325 Å². The smallest absolute Gasteiger partial charge is 0.281 e. The summed E-state index contributed by atoms with van der Waals surface area (Å²) in [5.74, 6) is 0.997. The highest BCUT2D eigenvalue weighted by molar-refractivity contribution is 7.86. The number of hydrogen-bond donors (Lipinski definition) is 0. The van der Waals surface area contributed by atoms with Crippen molar-refractivity contribution in [3.05, 3.63) is 54.8 Å². The first-order chi connectivity index (χ1) is 26.2. The van der Waals surface area contributed by atoms with Gasteiger partial charge in [-0.1, -0.05) is 6.58 Å². The molecule has 2 spiro atoms.